The van der Waals surface area contributed by atoms with Crippen molar-refractivity contribution in [2.75, 3.05) is 6.61 Å². The molecule has 0 aliphatic carbocycles. The zero-order chi connectivity index (χ0) is 35.0. The molecule has 0 spiro atoms. The van der Waals surface area contributed by atoms with Gasteiger partial charge in [-0.15, -0.1) is 22.7 Å². The fraction of sp³-hybridized carbons (Fsp3) is 0.250. The van der Waals surface area contributed by atoms with Gasteiger partial charge < -0.3 is 4.74 Å². The lowest BCUT2D eigenvalue weighted by Gasteiger charge is -2.05. The number of unbranched alkanes of at least 4 members (excludes halogenated alkanes) is 5. The molecule has 1 nitrogen and oxygen atoms in total. The monoisotopic (exact) mass is 700 g/mol. The highest BCUT2D eigenvalue weighted by Gasteiger charge is 2.08. The Kier molecular flexibility index (Phi) is 11.2. The summed E-state index contributed by atoms with van der Waals surface area (Å²) in [6, 6.07) is 32.9. The number of allylic oxidation sites excluding steroid dienone is 1. The zero-order valence-corrected chi connectivity index (χ0v) is 31.5. The van der Waals surface area contributed by atoms with Crippen LogP contribution in [0.1, 0.15) is 99.1 Å². The van der Waals surface area contributed by atoms with E-state index >= 15 is 0 Å². The van der Waals surface area contributed by atoms with Crippen molar-refractivity contribution >= 4 is 69.1 Å². The summed E-state index contributed by atoms with van der Waals surface area (Å²) in [7, 11) is 0. The minimum absolute atomic E-state index is 0.777. The average molecular weight is 701 g/mol. The van der Waals surface area contributed by atoms with Gasteiger partial charge in [0.25, 0.3) is 0 Å². The highest BCUT2D eigenvalue weighted by atomic mass is 32.1. The Balaban J connectivity index is 1.06. The summed E-state index contributed by atoms with van der Waals surface area (Å²) in [5.74, 6) is 14.7. The number of hydrogen-bond donors (Lipinski definition) is 0. The predicted molar refractivity (Wildman–Crippen MR) is 225 cm³/mol. The summed E-state index contributed by atoms with van der Waals surface area (Å²) >= 11 is 3.66. The van der Waals surface area contributed by atoms with E-state index in [1.807, 2.05) is 22.7 Å². The van der Waals surface area contributed by atoms with Crippen molar-refractivity contribution in [3.8, 4) is 29.4 Å². The van der Waals surface area contributed by atoms with Crippen LogP contribution in [0.2, 0.25) is 0 Å². The molecule has 7 aromatic rings. The Labute approximate surface area is 311 Å². The molecule has 0 aliphatic heterocycles. The zero-order valence-electron chi connectivity index (χ0n) is 29.9. The molecule has 51 heavy (non-hydrogen) atoms. The number of hydrogen-bond acceptors (Lipinski definition) is 3. The number of ether oxygens (including phenoxy) is 1. The standard InChI is InChI=1S/C48H44OS2/c1-4-7-9-10-11-13-34-18-24-41-42-26-20-37(32-46(42)50-45(41)30-34)17-22-39-21-16-35(29-38(39)6-3)14-15-36-19-25-43-44-27-23-40(49-28-12-8-5-2)33-48(44)51-47(43)31-36/h11,13,16,18-21,23-27,29-33H,4-10,12,28H2,1-3H3/b13-11+. The Hall–Kier alpha value is -4.80. The van der Waals surface area contributed by atoms with Crippen molar-refractivity contribution in [3.05, 3.63) is 130 Å². The molecule has 3 heteroatoms. The fourth-order valence-electron chi connectivity index (χ4n) is 6.54. The van der Waals surface area contributed by atoms with Crippen LogP contribution in [0.4, 0.5) is 0 Å². The summed E-state index contributed by atoms with van der Waals surface area (Å²) in [5, 5.41) is 5.18. The number of aryl methyl sites for hydroxylation is 1. The van der Waals surface area contributed by atoms with Crippen LogP contribution in [0.15, 0.2) is 97.1 Å². The Morgan fingerprint density at radius 1 is 0.549 bits per heavy atom. The summed E-state index contributed by atoms with van der Waals surface area (Å²) in [5.41, 5.74) is 6.65. The topological polar surface area (TPSA) is 9.23 Å². The maximum Gasteiger partial charge on any atom is 0.120 e. The van der Waals surface area contributed by atoms with E-state index in [4.69, 9.17) is 4.74 Å². The Bertz CT molecular complexity index is 2480. The molecule has 0 radical (unpaired) electrons. The molecule has 0 aliphatic rings. The second kappa shape index (κ2) is 16.5. The van der Waals surface area contributed by atoms with Gasteiger partial charge >= 0.3 is 0 Å². The van der Waals surface area contributed by atoms with Crippen LogP contribution < -0.4 is 4.74 Å². The maximum absolute atomic E-state index is 6.01. The van der Waals surface area contributed by atoms with Crippen molar-refractivity contribution in [3.63, 3.8) is 0 Å². The van der Waals surface area contributed by atoms with Crippen molar-refractivity contribution in [2.24, 2.45) is 0 Å². The molecule has 0 saturated heterocycles. The van der Waals surface area contributed by atoms with Gasteiger partial charge in [0.1, 0.15) is 5.75 Å². The van der Waals surface area contributed by atoms with E-state index in [2.05, 4.69) is 148 Å². The fourth-order valence-corrected chi connectivity index (χ4v) is 8.91. The number of fused-ring (bicyclic) bond motifs is 6. The van der Waals surface area contributed by atoms with Crippen LogP contribution in [0, 0.1) is 23.7 Å². The second-order valence-electron chi connectivity index (χ2n) is 13.2. The highest BCUT2D eigenvalue weighted by molar-refractivity contribution is 7.26. The minimum Gasteiger partial charge on any atom is -0.494 e. The molecule has 0 amide bonds. The maximum atomic E-state index is 6.01. The first-order chi connectivity index (χ1) is 25.1. The lowest BCUT2D eigenvalue weighted by atomic mass is 10.0. The number of thiophene rings is 2. The molecular weight excluding hydrogens is 657 g/mol. The number of benzene rings is 5. The van der Waals surface area contributed by atoms with Crippen LogP contribution in [-0.2, 0) is 6.42 Å². The van der Waals surface area contributed by atoms with E-state index in [1.165, 1.54) is 83.6 Å². The van der Waals surface area contributed by atoms with Gasteiger partial charge in [0.05, 0.1) is 6.61 Å². The molecule has 254 valence electrons. The van der Waals surface area contributed by atoms with Crippen molar-refractivity contribution in [2.45, 2.75) is 72.1 Å². The van der Waals surface area contributed by atoms with E-state index < -0.39 is 0 Å². The summed E-state index contributed by atoms with van der Waals surface area (Å²) in [6.45, 7) is 7.43. The third-order valence-corrected chi connectivity index (χ3v) is 11.7. The molecule has 0 unspecified atom stereocenters. The molecule has 0 bridgehead atoms. The quantitative estimate of drug-likeness (QED) is 0.0964. The van der Waals surface area contributed by atoms with Gasteiger partial charge in [-0.2, -0.15) is 0 Å². The van der Waals surface area contributed by atoms with Crippen molar-refractivity contribution in [1.29, 1.82) is 0 Å². The van der Waals surface area contributed by atoms with Crippen LogP contribution in [-0.4, -0.2) is 6.61 Å². The molecule has 7 rings (SSSR count). The summed E-state index contributed by atoms with van der Waals surface area (Å²) < 4.78 is 11.1. The normalized spacial score (nSPS) is 11.4. The van der Waals surface area contributed by atoms with E-state index in [0.29, 0.717) is 0 Å². The van der Waals surface area contributed by atoms with Crippen LogP contribution in [0.5, 0.6) is 5.75 Å². The van der Waals surface area contributed by atoms with Crippen molar-refractivity contribution < 1.29 is 4.74 Å². The first-order valence-electron chi connectivity index (χ1n) is 18.5. The Morgan fingerprint density at radius 3 is 1.80 bits per heavy atom. The van der Waals surface area contributed by atoms with Crippen molar-refractivity contribution in [1.82, 2.24) is 0 Å². The molecule has 2 aromatic heterocycles. The molecule has 0 fully saturated rings. The van der Waals surface area contributed by atoms with Gasteiger partial charge in [-0.1, -0.05) is 107 Å². The molecule has 2 heterocycles. The lowest BCUT2D eigenvalue weighted by molar-refractivity contribution is 0.306. The SMILES string of the molecule is CCCCC/C=C/c1ccc2c(c1)sc1cc(C#Cc3ccc(C#Cc4ccc5c(c4)sc4cc(OCCCCC)ccc45)cc3CC)ccc12. The summed E-state index contributed by atoms with van der Waals surface area (Å²) in [4.78, 5) is 0. The predicted octanol–water partition coefficient (Wildman–Crippen LogP) is 13.9. The van der Waals surface area contributed by atoms with Gasteiger partial charge in [0.15, 0.2) is 0 Å². The van der Waals surface area contributed by atoms with Gasteiger partial charge in [0.2, 0.25) is 0 Å². The smallest absolute Gasteiger partial charge is 0.120 e. The third-order valence-electron chi connectivity index (χ3n) is 9.42. The highest BCUT2D eigenvalue weighted by Crippen LogP contribution is 2.37. The van der Waals surface area contributed by atoms with Crippen LogP contribution in [0.3, 0.4) is 0 Å². The lowest BCUT2D eigenvalue weighted by Crippen LogP contribution is -1.96. The van der Waals surface area contributed by atoms with Crippen LogP contribution >= 0.6 is 22.7 Å². The molecule has 5 aromatic carbocycles. The van der Waals surface area contributed by atoms with Gasteiger partial charge in [0, 0.05) is 62.6 Å². The van der Waals surface area contributed by atoms with Crippen LogP contribution in [0.25, 0.3) is 46.4 Å². The molecule has 0 N–H and O–H groups in total. The average Bonchev–Trinajstić information content (AvgIpc) is 3.71. The molecule has 0 atom stereocenters. The molecule has 0 saturated carbocycles. The third kappa shape index (κ3) is 8.24. The van der Waals surface area contributed by atoms with Gasteiger partial charge in [-0.3, -0.25) is 0 Å². The second-order valence-corrected chi connectivity index (χ2v) is 15.4. The van der Waals surface area contributed by atoms with E-state index in [1.54, 1.807) is 0 Å². The number of rotatable bonds is 11. The first kappa shape index (κ1) is 34.6. The molecular formula is C48H44OS2. The van der Waals surface area contributed by atoms with Gasteiger partial charge in [-0.05, 0) is 104 Å². The minimum atomic E-state index is 0.777. The van der Waals surface area contributed by atoms with Gasteiger partial charge in [-0.25, -0.2) is 0 Å². The summed E-state index contributed by atoms with van der Waals surface area (Å²) in [6.07, 6.45) is 14.0. The van der Waals surface area contributed by atoms with E-state index in [-0.39, 0.29) is 0 Å². The Morgan fingerprint density at radius 2 is 1.12 bits per heavy atom. The van der Waals surface area contributed by atoms with E-state index in [0.717, 1.165) is 53.9 Å². The largest absolute Gasteiger partial charge is 0.494 e. The first-order valence-corrected chi connectivity index (χ1v) is 20.1. The van der Waals surface area contributed by atoms with E-state index in [9.17, 15) is 0 Å².